The van der Waals surface area contributed by atoms with Crippen LogP contribution in [0.15, 0.2) is 12.1 Å². The standard InChI is InChI=1S/C15H24N2O4/c1-17(2)7-6-11(15(16)18)10-8-12(19-3)14(21-5)13(9-10)20-4/h8-9,11H,6-7H2,1-5H3,(H2,16,18). The summed E-state index contributed by atoms with van der Waals surface area (Å²) in [6.07, 6.45) is 0.626. The summed E-state index contributed by atoms with van der Waals surface area (Å²) in [5.74, 6) is 0.762. The average Bonchev–Trinajstić information content (AvgIpc) is 2.45. The summed E-state index contributed by atoms with van der Waals surface area (Å²) in [5, 5.41) is 0. The van der Waals surface area contributed by atoms with Gasteiger partial charge in [-0.1, -0.05) is 0 Å². The molecule has 2 N–H and O–H groups in total. The number of ether oxygens (including phenoxy) is 3. The number of benzene rings is 1. The molecule has 21 heavy (non-hydrogen) atoms. The van der Waals surface area contributed by atoms with Crippen molar-refractivity contribution in [3.8, 4) is 17.2 Å². The van der Waals surface area contributed by atoms with Crippen LogP contribution in [0, 0.1) is 0 Å². The molecule has 1 aromatic rings. The molecule has 0 heterocycles. The third-order valence-corrected chi connectivity index (χ3v) is 3.30. The summed E-state index contributed by atoms with van der Waals surface area (Å²) in [6, 6.07) is 3.54. The normalized spacial score (nSPS) is 12.1. The van der Waals surface area contributed by atoms with E-state index < -0.39 is 5.92 Å². The Morgan fingerprint density at radius 3 is 2.00 bits per heavy atom. The van der Waals surface area contributed by atoms with Crippen molar-refractivity contribution >= 4 is 5.91 Å². The van der Waals surface area contributed by atoms with Gasteiger partial charge >= 0.3 is 0 Å². The lowest BCUT2D eigenvalue weighted by molar-refractivity contribution is -0.119. The maximum atomic E-state index is 11.8. The molecule has 1 rings (SSSR count). The summed E-state index contributed by atoms with van der Waals surface area (Å²) in [6.45, 7) is 0.754. The third-order valence-electron chi connectivity index (χ3n) is 3.30. The first-order valence-corrected chi connectivity index (χ1v) is 6.68. The molecule has 0 aliphatic heterocycles. The number of methoxy groups -OCH3 is 3. The Kier molecular flexibility index (Phi) is 6.30. The first-order chi connectivity index (χ1) is 9.94. The number of amides is 1. The third kappa shape index (κ3) is 4.26. The minimum atomic E-state index is -0.402. The molecule has 0 saturated carbocycles. The van der Waals surface area contributed by atoms with Gasteiger partial charge in [-0.25, -0.2) is 0 Å². The second kappa shape index (κ2) is 7.73. The van der Waals surface area contributed by atoms with Crippen molar-refractivity contribution in [2.45, 2.75) is 12.3 Å². The van der Waals surface area contributed by atoms with Crippen LogP contribution in [0.5, 0.6) is 17.2 Å². The Morgan fingerprint density at radius 1 is 1.14 bits per heavy atom. The second-order valence-electron chi connectivity index (χ2n) is 5.01. The Hall–Kier alpha value is -1.95. The van der Waals surface area contributed by atoms with E-state index in [2.05, 4.69) is 0 Å². The highest BCUT2D eigenvalue weighted by Gasteiger charge is 2.22. The molecule has 118 valence electrons. The molecular formula is C15H24N2O4. The second-order valence-corrected chi connectivity index (χ2v) is 5.01. The molecule has 0 spiro atoms. The smallest absolute Gasteiger partial charge is 0.225 e. The van der Waals surface area contributed by atoms with Crippen molar-refractivity contribution in [1.29, 1.82) is 0 Å². The van der Waals surface area contributed by atoms with Gasteiger partial charge in [-0.3, -0.25) is 4.79 Å². The summed E-state index contributed by atoms with van der Waals surface area (Å²) >= 11 is 0. The zero-order valence-electron chi connectivity index (χ0n) is 13.3. The van der Waals surface area contributed by atoms with Gasteiger partial charge in [0.15, 0.2) is 11.5 Å². The van der Waals surface area contributed by atoms with E-state index in [1.807, 2.05) is 19.0 Å². The number of carbonyl (C=O) groups excluding carboxylic acids is 1. The number of rotatable bonds is 8. The molecule has 6 nitrogen and oxygen atoms in total. The highest BCUT2D eigenvalue weighted by Crippen LogP contribution is 2.40. The van der Waals surface area contributed by atoms with Crippen LogP contribution in [0.4, 0.5) is 0 Å². The van der Waals surface area contributed by atoms with Gasteiger partial charge in [0.2, 0.25) is 11.7 Å². The predicted molar refractivity (Wildman–Crippen MR) is 81.2 cm³/mol. The summed E-state index contributed by atoms with van der Waals surface area (Å²) < 4.78 is 15.9. The number of hydrogen-bond acceptors (Lipinski definition) is 5. The molecular weight excluding hydrogens is 272 g/mol. The summed E-state index contributed by atoms with van der Waals surface area (Å²) in [5.41, 5.74) is 6.30. The molecule has 0 fully saturated rings. The highest BCUT2D eigenvalue weighted by molar-refractivity contribution is 5.82. The fourth-order valence-corrected chi connectivity index (χ4v) is 2.16. The quantitative estimate of drug-likeness (QED) is 0.781. The predicted octanol–water partition coefficient (Wildman–Crippen LogP) is 1.23. The van der Waals surface area contributed by atoms with Crippen molar-refractivity contribution in [1.82, 2.24) is 4.90 Å². The first-order valence-electron chi connectivity index (χ1n) is 6.68. The van der Waals surface area contributed by atoms with E-state index in [0.29, 0.717) is 23.7 Å². The molecule has 1 unspecified atom stereocenters. The molecule has 6 heteroatoms. The van der Waals surface area contributed by atoms with E-state index in [1.165, 1.54) is 7.11 Å². The van der Waals surface area contributed by atoms with Gasteiger partial charge in [-0.05, 0) is 44.8 Å². The van der Waals surface area contributed by atoms with E-state index in [9.17, 15) is 4.79 Å². The van der Waals surface area contributed by atoms with Gasteiger partial charge < -0.3 is 24.8 Å². The Morgan fingerprint density at radius 2 is 1.67 bits per heavy atom. The summed E-state index contributed by atoms with van der Waals surface area (Å²) in [7, 11) is 8.53. The molecule has 1 aromatic carbocycles. The number of primary amides is 1. The molecule has 0 saturated heterocycles. The van der Waals surface area contributed by atoms with Crippen LogP contribution in [0.1, 0.15) is 17.9 Å². The van der Waals surface area contributed by atoms with Crippen LogP contribution < -0.4 is 19.9 Å². The van der Waals surface area contributed by atoms with E-state index >= 15 is 0 Å². The Bertz CT molecular complexity index is 464. The lowest BCUT2D eigenvalue weighted by Gasteiger charge is -2.20. The molecule has 1 atom stereocenters. The molecule has 0 radical (unpaired) electrons. The zero-order chi connectivity index (χ0) is 16.0. The molecule has 1 amide bonds. The maximum absolute atomic E-state index is 11.8. The first kappa shape index (κ1) is 17.1. The van der Waals surface area contributed by atoms with Crippen LogP contribution in [0.3, 0.4) is 0 Å². The van der Waals surface area contributed by atoms with Gasteiger partial charge in [0, 0.05) is 0 Å². The van der Waals surface area contributed by atoms with Gasteiger partial charge in [0.1, 0.15) is 0 Å². The Balaban J connectivity index is 3.22. The van der Waals surface area contributed by atoms with Gasteiger partial charge in [0.25, 0.3) is 0 Å². The molecule has 0 bridgehead atoms. The maximum Gasteiger partial charge on any atom is 0.225 e. The van der Waals surface area contributed by atoms with E-state index in [0.717, 1.165) is 12.1 Å². The van der Waals surface area contributed by atoms with Crippen LogP contribution in [-0.2, 0) is 4.79 Å². The van der Waals surface area contributed by atoms with Crippen LogP contribution >= 0.6 is 0 Å². The van der Waals surface area contributed by atoms with E-state index in [4.69, 9.17) is 19.9 Å². The number of nitrogens with zero attached hydrogens (tertiary/aromatic N) is 1. The monoisotopic (exact) mass is 296 g/mol. The lowest BCUT2D eigenvalue weighted by atomic mass is 9.94. The van der Waals surface area contributed by atoms with Crippen molar-refractivity contribution in [2.75, 3.05) is 42.0 Å². The molecule has 0 aromatic heterocycles. The molecule has 0 aliphatic rings. The van der Waals surface area contributed by atoms with E-state index in [1.54, 1.807) is 26.4 Å². The van der Waals surface area contributed by atoms with Gasteiger partial charge in [-0.15, -0.1) is 0 Å². The van der Waals surface area contributed by atoms with Crippen LogP contribution in [-0.4, -0.2) is 52.8 Å². The van der Waals surface area contributed by atoms with E-state index in [-0.39, 0.29) is 5.91 Å². The highest BCUT2D eigenvalue weighted by atomic mass is 16.5. The van der Waals surface area contributed by atoms with Crippen molar-refractivity contribution in [2.24, 2.45) is 5.73 Å². The fourth-order valence-electron chi connectivity index (χ4n) is 2.16. The summed E-state index contributed by atoms with van der Waals surface area (Å²) in [4.78, 5) is 13.8. The van der Waals surface area contributed by atoms with Gasteiger partial charge in [-0.2, -0.15) is 0 Å². The largest absolute Gasteiger partial charge is 0.493 e. The minimum Gasteiger partial charge on any atom is -0.493 e. The van der Waals surface area contributed by atoms with Crippen molar-refractivity contribution < 1.29 is 19.0 Å². The topological polar surface area (TPSA) is 74.0 Å². The van der Waals surface area contributed by atoms with Crippen LogP contribution in [0.2, 0.25) is 0 Å². The number of hydrogen-bond donors (Lipinski definition) is 1. The number of nitrogens with two attached hydrogens (primary N) is 1. The van der Waals surface area contributed by atoms with Crippen molar-refractivity contribution in [3.63, 3.8) is 0 Å². The average molecular weight is 296 g/mol. The minimum absolute atomic E-state index is 0.369. The lowest BCUT2D eigenvalue weighted by Crippen LogP contribution is -2.25. The molecule has 0 aliphatic carbocycles. The SMILES string of the molecule is COc1cc(C(CCN(C)C)C(N)=O)cc(OC)c1OC. The van der Waals surface area contributed by atoms with Crippen molar-refractivity contribution in [3.05, 3.63) is 17.7 Å². The van der Waals surface area contributed by atoms with Crippen LogP contribution in [0.25, 0.3) is 0 Å². The fraction of sp³-hybridized carbons (Fsp3) is 0.533. The van der Waals surface area contributed by atoms with Gasteiger partial charge in [0.05, 0.1) is 27.2 Å². The Labute approximate surface area is 125 Å². The zero-order valence-corrected chi connectivity index (χ0v) is 13.3. The number of carbonyl (C=O) groups is 1.